The summed E-state index contributed by atoms with van der Waals surface area (Å²) >= 11 is 0. The number of benzene rings is 1. The highest BCUT2D eigenvalue weighted by Crippen LogP contribution is 2.31. The van der Waals surface area contributed by atoms with E-state index in [-0.39, 0.29) is 5.56 Å². The van der Waals surface area contributed by atoms with E-state index >= 15 is 0 Å². The Balaban J connectivity index is 2.15. The van der Waals surface area contributed by atoms with E-state index in [1.807, 2.05) is 34.9 Å². The molecule has 1 aromatic carbocycles. The number of rotatable bonds is 3. The molecule has 1 fully saturated rings. The van der Waals surface area contributed by atoms with E-state index in [0.717, 1.165) is 24.1 Å². The monoisotopic (exact) mass is 282 g/mol. The SMILES string of the molecule is NCc1ccc(-c2ccccc2)n(C2CCCCC2)c1=O. The average molecular weight is 282 g/mol. The van der Waals surface area contributed by atoms with Gasteiger partial charge in [-0.25, -0.2) is 0 Å². The fraction of sp³-hybridized carbons (Fsp3) is 0.389. The van der Waals surface area contributed by atoms with Crippen molar-refractivity contribution >= 4 is 0 Å². The molecule has 0 unspecified atom stereocenters. The third kappa shape index (κ3) is 2.79. The summed E-state index contributed by atoms with van der Waals surface area (Å²) in [4.78, 5) is 12.8. The quantitative estimate of drug-likeness (QED) is 0.937. The fourth-order valence-corrected chi connectivity index (χ4v) is 3.30. The van der Waals surface area contributed by atoms with Crippen molar-refractivity contribution in [3.8, 4) is 11.3 Å². The van der Waals surface area contributed by atoms with Crippen LogP contribution in [0.2, 0.25) is 0 Å². The van der Waals surface area contributed by atoms with Gasteiger partial charge in [-0.05, 0) is 24.5 Å². The molecule has 3 rings (SSSR count). The molecule has 0 atom stereocenters. The third-order valence-corrected chi connectivity index (χ3v) is 4.42. The minimum atomic E-state index is 0.0887. The highest BCUT2D eigenvalue weighted by atomic mass is 16.1. The normalized spacial score (nSPS) is 16.0. The summed E-state index contributed by atoms with van der Waals surface area (Å²) in [5.41, 5.74) is 8.64. The maximum Gasteiger partial charge on any atom is 0.255 e. The highest BCUT2D eigenvalue weighted by molar-refractivity contribution is 5.60. The molecule has 0 radical (unpaired) electrons. The van der Waals surface area contributed by atoms with Gasteiger partial charge in [0.25, 0.3) is 5.56 Å². The molecule has 0 aliphatic heterocycles. The number of pyridine rings is 1. The summed E-state index contributed by atoms with van der Waals surface area (Å²) in [6.45, 7) is 0.306. The smallest absolute Gasteiger partial charge is 0.255 e. The molecule has 1 saturated carbocycles. The maximum absolute atomic E-state index is 12.8. The first-order valence-electron chi connectivity index (χ1n) is 7.81. The van der Waals surface area contributed by atoms with Crippen molar-refractivity contribution in [1.82, 2.24) is 4.57 Å². The lowest BCUT2D eigenvalue weighted by atomic mass is 9.94. The Bertz CT molecular complexity index is 655. The van der Waals surface area contributed by atoms with Crippen molar-refractivity contribution in [2.45, 2.75) is 44.7 Å². The first-order chi connectivity index (χ1) is 10.3. The molecule has 1 aliphatic carbocycles. The second-order valence-electron chi connectivity index (χ2n) is 5.78. The molecule has 0 bridgehead atoms. The van der Waals surface area contributed by atoms with Gasteiger partial charge >= 0.3 is 0 Å². The van der Waals surface area contributed by atoms with Gasteiger partial charge < -0.3 is 10.3 Å². The van der Waals surface area contributed by atoms with Crippen LogP contribution in [-0.2, 0) is 6.54 Å². The van der Waals surface area contributed by atoms with Crippen LogP contribution in [0.3, 0.4) is 0 Å². The largest absolute Gasteiger partial charge is 0.326 e. The average Bonchev–Trinajstić information content (AvgIpc) is 2.56. The van der Waals surface area contributed by atoms with E-state index in [1.54, 1.807) is 0 Å². The van der Waals surface area contributed by atoms with Gasteiger partial charge in [0, 0.05) is 18.2 Å². The molecular weight excluding hydrogens is 260 g/mol. The van der Waals surface area contributed by atoms with Crippen LogP contribution in [0.15, 0.2) is 47.3 Å². The lowest BCUT2D eigenvalue weighted by Gasteiger charge is -2.27. The summed E-state index contributed by atoms with van der Waals surface area (Å²) in [6, 6.07) is 14.4. The van der Waals surface area contributed by atoms with E-state index in [2.05, 4.69) is 12.1 Å². The lowest BCUT2D eigenvalue weighted by Crippen LogP contribution is -2.31. The second kappa shape index (κ2) is 6.27. The molecule has 2 aromatic rings. The van der Waals surface area contributed by atoms with Crippen molar-refractivity contribution in [3.63, 3.8) is 0 Å². The summed E-state index contributed by atoms with van der Waals surface area (Å²) in [6.07, 6.45) is 5.88. The van der Waals surface area contributed by atoms with Gasteiger partial charge in [0.2, 0.25) is 0 Å². The zero-order chi connectivity index (χ0) is 14.7. The van der Waals surface area contributed by atoms with Crippen LogP contribution in [0.4, 0.5) is 0 Å². The van der Waals surface area contributed by atoms with Gasteiger partial charge in [0.15, 0.2) is 0 Å². The van der Waals surface area contributed by atoms with Crippen LogP contribution < -0.4 is 11.3 Å². The first kappa shape index (κ1) is 14.1. The van der Waals surface area contributed by atoms with E-state index in [4.69, 9.17) is 5.73 Å². The predicted octanol–water partition coefficient (Wildman–Crippen LogP) is 3.48. The first-order valence-corrected chi connectivity index (χ1v) is 7.81. The molecule has 0 amide bonds. The second-order valence-corrected chi connectivity index (χ2v) is 5.78. The maximum atomic E-state index is 12.8. The number of nitrogens with zero attached hydrogens (tertiary/aromatic N) is 1. The molecule has 110 valence electrons. The molecule has 3 nitrogen and oxygen atoms in total. The molecule has 0 spiro atoms. The van der Waals surface area contributed by atoms with Gasteiger partial charge in [-0.1, -0.05) is 55.7 Å². The summed E-state index contributed by atoms with van der Waals surface area (Å²) in [7, 11) is 0. The molecule has 0 saturated heterocycles. The Labute approximate surface area is 125 Å². The van der Waals surface area contributed by atoms with Crippen LogP contribution in [-0.4, -0.2) is 4.57 Å². The van der Waals surface area contributed by atoms with Crippen molar-refractivity contribution in [2.24, 2.45) is 5.73 Å². The standard InChI is InChI=1S/C18H22N2O/c19-13-15-11-12-17(14-7-3-1-4-8-14)20(18(15)21)16-9-5-2-6-10-16/h1,3-4,7-8,11-12,16H,2,5-6,9-10,13,19H2. The third-order valence-electron chi connectivity index (χ3n) is 4.42. The number of hydrogen-bond donors (Lipinski definition) is 1. The molecule has 2 N–H and O–H groups in total. The number of aromatic nitrogens is 1. The number of nitrogens with two attached hydrogens (primary N) is 1. The molecule has 3 heteroatoms. The predicted molar refractivity (Wildman–Crippen MR) is 86.2 cm³/mol. The van der Waals surface area contributed by atoms with Gasteiger partial charge in [-0.15, -0.1) is 0 Å². The Morgan fingerprint density at radius 2 is 1.71 bits per heavy atom. The Kier molecular flexibility index (Phi) is 4.20. The van der Waals surface area contributed by atoms with E-state index in [0.29, 0.717) is 18.2 Å². The van der Waals surface area contributed by atoms with Gasteiger partial charge in [0.1, 0.15) is 0 Å². The van der Waals surface area contributed by atoms with Gasteiger partial charge in [-0.2, -0.15) is 0 Å². The molecular formula is C18H22N2O. The molecule has 1 aromatic heterocycles. The Hall–Kier alpha value is -1.87. The van der Waals surface area contributed by atoms with Crippen molar-refractivity contribution in [1.29, 1.82) is 0 Å². The van der Waals surface area contributed by atoms with Crippen molar-refractivity contribution < 1.29 is 0 Å². The Morgan fingerprint density at radius 1 is 1.00 bits per heavy atom. The van der Waals surface area contributed by atoms with Crippen LogP contribution >= 0.6 is 0 Å². The minimum absolute atomic E-state index is 0.0887. The molecule has 1 heterocycles. The van der Waals surface area contributed by atoms with E-state index in [9.17, 15) is 4.79 Å². The zero-order valence-corrected chi connectivity index (χ0v) is 12.3. The summed E-state index contributed by atoms with van der Waals surface area (Å²) < 4.78 is 2.00. The fourth-order valence-electron chi connectivity index (χ4n) is 3.30. The van der Waals surface area contributed by atoms with E-state index < -0.39 is 0 Å². The lowest BCUT2D eigenvalue weighted by molar-refractivity contribution is 0.348. The van der Waals surface area contributed by atoms with Gasteiger partial charge in [0.05, 0.1) is 5.69 Å². The molecule has 21 heavy (non-hydrogen) atoms. The Morgan fingerprint density at radius 3 is 2.38 bits per heavy atom. The van der Waals surface area contributed by atoms with Crippen LogP contribution in [0.5, 0.6) is 0 Å². The topological polar surface area (TPSA) is 48.0 Å². The number of hydrogen-bond acceptors (Lipinski definition) is 2. The highest BCUT2D eigenvalue weighted by Gasteiger charge is 2.20. The summed E-state index contributed by atoms with van der Waals surface area (Å²) in [5, 5.41) is 0. The molecule has 1 aliphatic rings. The van der Waals surface area contributed by atoms with Crippen molar-refractivity contribution in [3.05, 3.63) is 58.4 Å². The summed E-state index contributed by atoms with van der Waals surface area (Å²) in [5.74, 6) is 0. The van der Waals surface area contributed by atoms with E-state index in [1.165, 1.54) is 19.3 Å². The van der Waals surface area contributed by atoms with Gasteiger partial charge in [-0.3, -0.25) is 4.79 Å². The van der Waals surface area contributed by atoms with Crippen LogP contribution in [0.25, 0.3) is 11.3 Å². The zero-order valence-electron chi connectivity index (χ0n) is 12.3. The minimum Gasteiger partial charge on any atom is -0.326 e. The van der Waals surface area contributed by atoms with Crippen molar-refractivity contribution in [2.75, 3.05) is 0 Å². The van der Waals surface area contributed by atoms with Crippen LogP contribution in [0.1, 0.15) is 43.7 Å². The van der Waals surface area contributed by atoms with Crippen LogP contribution in [0, 0.1) is 0 Å².